The van der Waals surface area contributed by atoms with E-state index in [-0.39, 0.29) is 18.2 Å². The van der Waals surface area contributed by atoms with E-state index >= 15 is 0 Å². The van der Waals surface area contributed by atoms with Crippen LogP contribution in [0.1, 0.15) is 31.4 Å². The van der Waals surface area contributed by atoms with Gasteiger partial charge in [0.1, 0.15) is 6.04 Å². The highest BCUT2D eigenvalue weighted by atomic mass is 16.2. The van der Waals surface area contributed by atoms with Crippen LogP contribution in [0.2, 0.25) is 0 Å². The topological polar surface area (TPSA) is 58.2 Å². The van der Waals surface area contributed by atoms with Crippen LogP contribution < -0.4 is 10.6 Å². The number of amides is 2. The zero-order chi connectivity index (χ0) is 14.1. The van der Waals surface area contributed by atoms with Gasteiger partial charge < -0.3 is 10.6 Å². The lowest BCUT2D eigenvalue weighted by atomic mass is 10.1. The first kappa shape index (κ1) is 15.0. The van der Waals surface area contributed by atoms with E-state index in [2.05, 4.69) is 10.6 Å². The summed E-state index contributed by atoms with van der Waals surface area (Å²) in [7, 11) is 1.56. The molecule has 0 aliphatic carbocycles. The standard InChI is InChI=1S/C15H20N2O2/c1-3-4-6-11-13(18)17-14(15(19)16-2)12-9-7-5-8-10-12/h4-10,14H,3,11H2,1-2H3,(H,16,19)(H,17,18)/b6-4+. The number of nitrogens with one attached hydrogen (secondary N) is 2. The molecule has 0 saturated heterocycles. The number of carbonyl (C=O) groups excluding carboxylic acids is 2. The summed E-state index contributed by atoms with van der Waals surface area (Å²) in [5.41, 5.74) is 0.773. The molecule has 19 heavy (non-hydrogen) atoms. The Kier molecular flexibility index (Phi) is 6.36. The normalized spacial score (nSPS) is 12.1. The summed E-state index contributed by atoms with van der Waals surface area (Å²) in [6, 6.07) is 8.55. The fraction of sp³-hybridized carbons (Fsp3) is 0.333. The summed E-state index contributed by atoms with van der Waals surface area (Å²) in [4.78, 5) is 23.6. The molecule has 0 radical (unpaired) electrons. The third-order valence-electron chi connectivity index (χ3n) is 2.65. The van der Waals surface area contributed by atoms with Crippen LogP contribution in [0.5, 0.6) is 0 Å². The smallest absolute Gasteiger partial charge is 0.246 e. The third-order valence-corrected chi connectivity index (χ3v) is 2.65. The van der Waals surface area contributed by atoms with Crippen molar-refractivity contribution in [2.75, 3.05) is 7.05 Å². The molecule has 4 heteroatoms. The molecule has 4 nitrogen and oxygen atoms in total. The van der Waals surface area contributed by atoms with E-state index in [1.54, 1.807) is 13.1 Å². The van der Waals surface area contributed by atoms with Crippen LogP contribution >= 0.6 is 0 Å². The summed E-state index contributed by atoms with van der Waals surface area (Å²) in [5, 5.41) is 5.31. The molecule has 0 bridgehead atoms. The van der Waals surface area contributed by atoms with Crippen LogP contribution in [0.25, 0.3) is 0 Å². The highest BCUT2D eigenvalue weighted by molar-refractivity contribution is 5.88. The van der Waals surface area contributed by atoms with E-state index in [0.29, 0.717) is 0 Å². The predicted octanol–water partition coefficient (Wildman–Crippen LogP) is 1.95. The first-order valence-electron chi connectivity index (χ1n) is 6.40. The third kappa shape index (κ3) is 4.95. The van der Waals surface area contributed by atoms with Crippen molar-refractivity contribution in [1.82, 2.24) is 10.6 Å². The van der Waals surface area contributed by atoms with E-state index in [9.17, 15) is 9.59 Å². The average Bonchev–Trinajstić information content (AvgIpc) is 2.45. The maximum Gasteiger partial charge on any atom is 0.246 e. The molecule has 0 fully saturated rings. The van der Waals surface area contributed by atoms with Crippen molar-refractivity contribution in [3.05, 3.63) is 48.0 Å². The zero-order valence-electron chi connectivity index (χ0n) is 11.3. The van der Waals surface area contributed by atoms with Crippen molar-refractivity contribution in [3.63, 3.8) is 0 Å². The number of rotatable bonds is 6. The van der Waals surface area contributed by atoms with Crippen LogP contribution in [0.4, 0.5) is 0 Å². The van der Waals surface area contributed by atoms with Gasteiger partial charge in [0.2, 0.25) is 11.8 Å². The second-order valence-electron chi connectivity index (χ2n) is 4.11. The molecule has 1 aromatic rings. The molecule has 1 rings (SSSR count). The number of hydrogen-bond acceptors (Lipinski definition) is 2. The van der Waals surface area contributed by atoms with E-state index in [1.807, 2.05) is 43.3 Å². The number of benzene rings is 1. The molecule has 2 amide bonds. The van der Waals surface area contributed by atoms with Gasteiger partial charge in [0.25, 0.3) is 0 Å². The van der Waals surface area contributed by atoms with Crippen LogP contribution in [0.3, 0.4) is 0 Å². The molecule has 102 valence electrons. The number of hydrogen-bond donors (Lipinski definition) is 2. The second-order valence-corrected chi connectivity index (χ2v) is 4.11. The molecule has 1 atom stereocenters. The number of allylic oxidation sites excluding steroid dienone is 1. The van der Waals surface area contributed by atoms with Gasteiger partial charge in [-0.3, -0.25) is 9.59 Å². The van der Waals surface area contributed by atoms with Crippen molar-refractivity contribution >= 4 is 11.8 Å². The molecular formula is C15H20N2O2. The molecule has 0 saturated carbocycles. The van der Waals surface area contributed by atoms with Gasteiger partial charge in [-0.25, -0.2) is 0 Å². The summed E-state index contributed by atoms with van der Waals surface area (Å²) >= 11 is 0. The van der Waals surface area contributed by atoms with Gasteiger partial charge in [-0.1, -0.05) is 49.4 Å². The number of carbonyl (C=O) groups is 2. The second kappa shape index (κ2) is 8.08. The molecule has 0 aliphatic rings. The Bertz CT molecular complexity index is 441. The minimum atomic E-state index is -0.645. The van der Waals surface area contributed by atoms with Gasteiger partial charge in [-0.05, 0) is 12.0 Å². The number of likely N-dealkylation sites (N-methyl/N-ethyl adjacent to an activating group) is 1. The maximum absolute atomic E-state index is 11.8. The highest BCUT2D eigenvalue weighted by Gasteiger charge is 2.20. The van der Waals surface area contributed by atoms with Gasteiger partial charge in [-0.2, -0.15) is 0 Å². The monoisotopic (exact) mass is 260 g/mol. The van der Waals surface area contributed by atoms with E-state index < -0.39 is 6.04 Å². The van der Waals surface area contributed by atoms with E-state index in [0.717, 1.165) is 12.0 Å². The quantitative estimate of drug-likeness (QED) is 0.768. The first-order chi connectivity index (χ1) is 9.19. The molecule has 2 N–H and O–H groups in total. The molecule has 1 unspecified atom stereocenters. The lowest BCUT2D eigenvalue weighted by Crippen LogP contribution is -2.38. The predicted molar refractivity (Wildman–Crippen MR) is 75.4 cm³/mol. The van der Waals surface area contributed by atoms with Gasteiger partial charge in [0.05, 0.1) is 0 Å². The fourth-order valence-electron chi connectivity index (χ4n) is 1.67. The molecule has 0 aliphatic heterocycles. The molecule has 1 aromatic carbocycles. The fourth-order valence-corrected chi connectivity index (χ4v) is 1.67. The zero-order valence-corrected chi connectivity index (χ0v) is 11.3. The Balaban J connectivity index is 2.74. The van der Waals surface area contributed by atoms with Gasteiger partial charge in [-0.15, -0.1) is 0 Å². The van der Waals surface area contributed by atoms with E-state index in [4.69, 9.17) is 0 Å². The van der Waals surface area contributed by atoms with Gasteiger partial charge in [0, 0.05) is 13.5 Å². The average molecular weight is 260 g/mol. The molecular weight excluding hydrogens is 240 g/mol. The summed E-state index contributed by atoms with van der Waals surface area (Å²) in [5.74, 6) is -0.388. The summed E-state index contributed by atoms with van der Waals surface area (Å²) in [6.07, 6.45) is 4.91. The van der Waals surface area contributed by atoms with Crippen LogP contribution in [-0.4, -0.2) is 18.9 Å². The largest absolute Gasteiger partial charge is 0.357 e. The van der Waals surface area contributed by atoms with Crippen LogP contribution in [-0.2, 0) is 9.59 Å². The van der Waals surface area contributed by atoms with Crippen molar-refractivity contribution < 1.29 is 9.59 Å². The molecule has 0 aromatic heterocycles. The summed E-state index contributed by atoms with van der Waals surface area (Å²) in [6.45, 7) is 2.01. The van der Waals surface area contributed by atoms with Crippen molar-refractivity contribution in [2.45, 2.75) is 25.8 Å². The first-order valence-corrected chi connectivity index (χ1v) is 6.40. The Labute approximate surface area is 113 Å². The Hall–Kier alpha value is -2.10. The lowest BCUT2D eigenvalue weighted by molar-refractivity contribution is -0.128. The Morgan fingerprint density at radius 1 is 1.21 bits per heavy atom. The van der Waals surface area contributed by atoms with Crippen molar-refractivity contribution in [2.24, 2.45) is 0 Å². The molecule has 0 spiro atoms. The Morgan fingerprint density at radius 2 is 1.89 bits per heavy atom. The minimum Gasteiger partial charge on any atom is -0.357 e. The van der Waals surface area contributed by atoms with Crippen molar-refractivity contribution in [3.8, 4) is 0 Å². The van der Waals surface area contributed by atoms with E-state index in [1.165, 1.54) is 0 Å². The van der Waals surface area contributed by atoms with Crippen LogP contribution in [0, 0.1) is 0 Å². The minimum absolute atomic E-state index is 0.165. The lowest BCUT2D eigenvalue weighted by Gasteiger charge is -2.17. The van der Waals surface area contributed by atoms with Gasteiger partial charge in [0.15, 0.2) is 0 Å². The molecule has 0 heterocycles. The maximum atomic E-state index is 11.8. The van der Waals surface area contributed by atoms with Crippen molar-refractivity contribution in [1.29, 1.82) is 0 Å². The van der Waals surface area contributed by atoms with Gasteiger partial charge >= 0.3 is 0 Å². The highest BCUT2D eigenvalue weighted by Crippen LogP contribution is 2.12. The SMILES string of the molecule is CC/C=C/CC(=O)NC(C(=O)NC)c1ccccc1. The summed E-state index contributed by atoms with van der Waals surface area (Å²) < 4.78 is 0. The Morgan fingerprint density at radius 3 is 2.47 bits per heavy atom. The van der Waals surface area contributed by atoms with Crippen LogP contribution in [0.15, 0.2) is 42.5 Å².